The van der Waals surface area contributed by atoms with Gasteiger partial charge in [0, 0.05) is 30.8 Å². The fourth-order valence-electron chi connectivity index (χ4n) is 2.99. The van der Waals surface area contributed by atoms with Crippen LogP contribution in [0.1, 0.15) is 21.3 Å². The van der Waals surface area contributed by atoms with E-state index in [1.807, 2.05) is 86.6 Å². The summed E-state index contributed by atoms with van der Waals surface area (Å²) < 4.78 is 24.4. The summed E-state index contributed by atoms with van der Waals surface area (Å²) >= 11 is 10.2. The standard InChI is InChI=1S/C11H15BrO2.2C8H5BrO.CH4/c1-3-13-9(2)8-14-11-6-4-5-10(12)7-11;9-7-2-1-6-3-4-10-8(6)5-7;9-7-2-1-3-8-6(7)4-5-10-8;/h4-7,9H,3,8H2,1-2H3;2*1-5H;1H4. The molecule has 4 nitrogen and oxygen atoms in total. The lowest BCUT2D eigenvalue weighted by Crippen LogP contribution is -2.17. The highest BCUT2D eigenvalue weighted by atomic mass is 79.9. The summed E-state index contributed by atoms with van der Waals surface area (Å²) in [4.78, 5) is 0. The Balaban J connectivity index is 0.000000186. The summed E-state index contributed by atoms with van der Waals surface area (Å²) in [7, 11) is 0. The molecule has 0 aliphatic carbocycles. The van der Waals surface area contributed by atoms with Crippen molar-refractivity contribution in [1.82, 2.24) is 0 Å². The largest absolute Gasteiger partial charge is 0.491 e. The van der Waals surface area contributed by atoms with Gasteiger partial charge in [0.25, 0.3) is 0 Å². The highest BCUT2D eigenvalue weighted by Gasteiger charge is 2.02. The number of ether oxygens (including phenoxy) is 2. The Morgan fingerprint density at radius 2 is 1.51 bits per heavy atom. The zero-order chi connectivity index (χ0) is 24.3. The molecular formula is C28H29Br3O4. The second-order valence-corrected chi connectivity index (χ2v) is 9.90. The SMILES string of the molecule is Brc1ccc2ccoc2c1.Brc1cccc2occc12.C.CCOC(C)COc1cccc(Br)c1. The number of hydrogen-bond acceptors (Lipinski definition) is 4. The predicted octanol–water partition coefficient (Wildman–Crippen LogP) is 10.3. The Hall–Kier alpha value is -2.06. The van der Waals surface area contributed by atoms with Crippen LogP contribution in [0.5, 0.6) is 5.75 Å². The van der Waals surface area contributed by atoms with Gasteiger partial charge in [0.2, 0.25) is 0 Å². The third kappa shape index (κ3) is 9.49. The average Bonchev–Trinajstić information content (AvgIpc) is 3.49. The summed E-state index contributed by atoms with van der Waals surface area (Å²) in [6.45, 7) is 5.30. The number of benzene rings is 3. The monoisotopic (exact) mass is 666 g/mol. The summed E-state index contributed by atoms with van der Waals surface area (Å²) in [5, 5.41) is 2.27. The van der Waals surface area contributed by atoms with E-state index in [2.05, 4.69) is 47.8 Å². The Morgan fingerprint density at radius 1 is 0.800 bits per heavy atom. The number of fused-ring (bicyclic) bond motifs is 2. The van der Waals surface area contributed by atoms with Crippen molar-refractivity contribution in [2.24, 2.45) is 0 Å². The van der Waals surface area contributed by atoms with Gasteiger partial charge in [-0.25, -0.2) is 0 Å². The van der Waals surface area contributed by atoms with Crippen LogP contribution >= 0.6 is 47.8 Å². The summed E-state index contributed by atoms with van der Waals surface area (Å²) in [6.07, 6.45) is 3.52. The van der Waals surface area contributed by atoms with Crippen molar-refractivity contribution in [3.8, 4) is 5.75 Å². The lowest BCUT2D eigenvalue weighted by atomic mass is 10.3. The van der Waals surface area contributed by atoms with Gasteiger partial charge in [-0.1, -0.05) is 73.4 Å². The Morgan fingerprint density at radius 3 is 2.26 bits per heavy atom. The highest BCUT2D eigenvalue weighted by molar-refractivity contribution is 9.11. The van der Waals surface area contributed by atoms with Gasteiger partial charge in [0.05, 0.1) is 18.6 Å². The number of rotatable bonds is 5. The van der Waals surface area contributed by atoms with Crippen molar-refractivity contribution >= 4 is 69.7 Å². The first-order valence-corrected chi connectivity index (χ1v) is 13.1. The molecule has 0 saturated heterocycles. The maximum Gasteiger partial charge on any atom is 0.134 e. The summed E-state index contributed by atoms with van der Waals surface area (Å²) in [5.74, 6) is 0.867. The van der Waals surface area contributed by atoms with Crippen LogP contribution in [0.3, 0.4) is 0 Å². The van der Waals surface area contributed by atoms with E-state index < -0.39 is 0 Å². The smallest absolute Gasteiger partial charge is 0.134 e. The van der Waals surface area contributed by atoms with Crippen LogP contribution in [0, 0.1) is 0 Å². The maximum absolute atomic E-state index is 5.55. The first-order valence-electron chi connectivity index (χ1n) is 10.7. The molecule has 0 aliphatic heterocycles. The Kier molecular flexibility index (Phi) is 12.6. The molecule has 3 aromatic carbocycles. The van der Waals surface area contributed by atoms with Gasteiger partial charge < -0.3 is 18.3 Å². The molecule has 5 rings (SSSR count). The van der Waals surface area contributed by atoms with E-state index in [-0.39, 0.29) is 13.5 Å². The molecule has 0 fully saturated rings. The number of halogens is 3. The van der Waals surface area contributed by atoms with Crippen molar-refractivity contribution in [2.45, 2.75) is 27.4 Å². The van der Waals surface area contributed by atoms with E-state index in [1.165, 1.54) is 0 Å². The summed E-state index contributed by atoms with van der Waals surface area (Å²) in [5.41, 5.74) is 1.85. The van der Waals surface area contributed by atoms with E-state index in [0.717, 1.165) is 47.7 Å². The molecular weight excluding hydrogens is 640 g/mol. The van der Waals surface area contributed by atoms with Crippen molar-refractivity contribution in [3.63, 3.8) is 0 Å². The Bertz CT molecular complexity index is 1290. The fourth-order valence-corrected chi connectivity index (χ4v) is 4.19. The molecule has 2 aromatic heterocycles. The van der Waals surface area contributed by atoms with Crippen LogP contribution in [-0.2, 0) is 4.74 Å². The quantitative estimate of drug-likeness (QED) is 0.187. The number of furan rings is 2. The molecule has 0 spiro atoms. The zero-order valence-corrected chi connectivity index (χ0v) is 23.6. The molecule has 0 saturated carbocycles. The minimum absolute atomic E-state index is 0. The molecule has 1 unspecified atom stereocenters. The molecule has 0 aliphatic rings. The molecule has 2 heterocycles. The van der Waals surface area contributed by atoms with Gasteiger partial charge in [0.1, 0.15) is 23.5 Å². The van der Waals surface area contributed by atoms with E-state index >= 15 is 0 Å². The van der Waals surface area contributed by atoms with E-state index in [0.29, 0.717) is 6.61 Å². The van der Waals surface area contributed by atoms with Crippen LogP contribution in [-0.4, -0.2) is 19.3 Å². The molecule has 186 valence electrons. The van der Waals surface area contributed by atoms with Crippen LogP contribution < -0.4 is 4.74 Å². The van der Waals surface area contributed by atoms with Crippen LogP contribution in [0.2, 0.25) is 0 Å². The molecule has 0 N–H and O–H groups in total. The molecule has 1 atom stereocenters. The third-order valence-electron chi connectivity index (χ3n) is 4.59. The second-order valence-electron chi connectivity index (χ2n) is 7.21. The van der Waals surface area contributed by atoms with Crippen molar-refractivity contribution in [2.75, 3.05) is 13.2 Å². The van der Waals surface area contributed by atoms with E-state index in [1.54, 1.807) is 12.5 Å². The van der Waals surface area contributed by atoms with Gasteiger partial charge in [0.15, 0.2) is 0 Å². The van der Waals surface area contributed by atoms with Crippen LogP contribution in [0.25, 0.3) is 21.9 Å². The molecule has 0 amide bonds. The molecule has 0 radical (unpaired) electrons. The van der Waals surface area contributed by atoms with Crippen molar-refractivity contribution in [3.05, 3.63) is 98.7 Å². The van der Waals surface area contributed by atoms with Crippen LogP contribution in [0.4, 0.5) is 0 Å². The number of hydrogen-bond donors (Lipinski definition) is 0. The van der Waals surface area contributed by atoms with Crippen molar-refractivity contribution < 1.29 is 18.3 Å². The van der Waals surface area contributed by atoms with Crippen LogP contribution in [0.15, 0.2) is 108 Å². The van der Waals surface area contributed by atoms with Gasteiger partial charge in [-0.2, -0.15) is 0 Å². The van der Waals surface area contributed by atoms with E-state index in [9.17, 15) is 0 Å². The zero-order valence-electron chi connectivity index (χ0n) is 18.8. The minimum Gasteiger partial charge on any atom is -0.491 e. The van der Waals surface area contributed by atoms with Gasteiger partial charge in [-0.3, -0.25) is 0 Å². The Labute approximate surface area is 232 Å². The van der Waals surface area contributed by atoms with Gasteiger partial charge in [-0.05, 0) is 68.4 Å². The lowest BCUT2D eigenvalue weighted by molar-refractivity contribution is 0.0402. The topological polar surface area (TPSA) is 44.7 Å². The first-order chi connectivity index (χ1) is 16.5. The summed E-state index contributed by atoms with van der Waals surface area (Å²) in [6, 6.07) is 23.6. The third-order valence-corrected chi connectivity index (χ3v) is 6.27. The molecule has 0 bridgehead atoms. The molecule has 35 heavy (non-hydrogen) atoms. The average molecular weight is 669 g/mol. The first kappa shape index (κ1) is 29.2. The highest BCUT2D eigenvalue weighted by Crippen LogP contribution is 2.24. The lowest BCUT2D eigenvalue weighted by Gasteiger charge is -2.12. The van der Waals surface area contributed by atoms with Crippen molar-refractivity contribution in [1.29, 1.82) is 0 Å². The fraction of sp³-hybridized carbons (Fsp3) is 0.214. The molecule has 7 heteroatoms. The van der Waals surface area contributed by atoms with Gasteiger partial charge >= 0.3 is 0 Å². The second kappa shape index (κ2) is 15.1. The normalized spacial score (nSPS) is 11.0. The van der Waals surface area contributed by atoms with E-state index in [4.69, 9.17) is 18.3 Å². The van der Waals surface area contributed by atoms with Gasteiger partial charge in [-0.15, -0.1) is 0 Å². The molecule has 5 aromatic rings. The minimum atomic E-state index is 0. The maximum atomic E-state index is 5.55. The predicted molar refractivity (Wildman–Crippen MR) is 155 cm³/mol.